The van der Waals surface area contributed by atoms with Crippen LogP contribution in [0.5, 0.6) is 0 Å². The average molecular weight is 493 g/mol. The van der Waals surface area contributed by atoms with Gasteiger partial charge in [-0.2, -0.15) is 5.10 Å². The highest BCUT2D eigenvalue weighted by Gasteiger charge is 2.20. The SMILES string of the molecule is Cc1cccc(-c2[nH]nc(NCCN3CCOCC3)c2-c2ccc3ncc(-c4ccncc4)cc3n2)n1. The van der Waals surface area contributed by atoms with E-state index in [2.05, 4.69) is 36.4 Å². The summed E-state index contributed by atoms with van der Waals surface area (Å²) < 4.78 is 5.47. The molecule has 1 saturated heterocycles. The van der Waals surface area contributed by atoms with Crippen molar-refractivity contribution in [2.45, 2.75) is 6.92 Å². The Labute approximate surface area is 215 Å². The van der Waals surface area contributed by atoms with Crippen molar-refractivity contribution in [2.75, 3.05) is 44.7 Å². The lowest BCUT2D eigenvalue weighted by atomic mass is 10.1. The number of fused-ring (bicyclic) bond motifs is 1. The number of morpholine rings is 1. The Morgan fingerprint density at radius 2 is 1.81 bits per heavy atom. The molecule has 2 N–H and O–H groups in total. The molecule has 0 aromatic carbocycles. The van der Waals surface area contributed by atoms with Crippen LogP contribution in [0.1, 0.15) is 5.69 Å². The van der Waals surface area contributed by atoms with E-state index in [0.29, 0.717) is 0 Å². The second kappa shape index (κ2) is 10.4. The Balaban J connectivity index is 1.38. The summed E-state index contributed by atoms with van der Waals surface area (Å²) in [7, 11) is 0. The van der Waals surface area contributed by atoms with Gasteiger partial charge < -0.3 is 10.1 Å². The van der Waals surface area contributed by atoms with Crippen molar-refractivity contribution < 1.29 is 4.74 Å². The van der Waals surface area contributed by atoms with Crippen molar-refractivity contribution in [3.8, 4) is 33.8 Å². The molecule has 9 nitrogen and oxygen atoms in total. The monoisotopic (exact) mass is 492 g/mol. The number of rotatable bonds is 7. The zero-order valence-electron chi connectivity index (χ0n) is 20.7. The van der Waals surface area contributed by atoms with Crippen molar-refractivity contribution in [1.29, 1.82) is 0 Å². The topological polar surface area (TPSA) is 105 Å². The Hall–Kier alpha value is -4.21. The van der Waals surface area contributed by atoms with Crippen molar-refractivity contribution in [1.82, 2.24) is 35.0 Å². The number of aryl methyl sites for hydroxylation is 1. The molecule has 1 aliphatic heterocycles. The van der Waals surface area contributed by atoms with Gasteiger partial charge in [-0.15, -0.1) is 0 Å². The summed E-state index contributed by atoms with van der Waals surface area (Å²) in [5.41, 5.74) is 8.01. The molecule has 6 heterocycles. The fraction of sp³-hybridized carbons (Fsp3) is 0.250. The maximum Gasteiger partial charge on any atom is 0.158 e. The first kappa shape index (κ1) is 23.2. The second-order valence-corrected chi connectivity index (χ2v) is 9.06. The molecule has 0 aliphatic carbocycles. The number of pyridine rings is 4. The van der Waals surface area contributed by atoms with E-state index in [0.717, 1.165) is 95.7 Å². The number of nitrogens with zero attached hydrogens (tertiary/aromatic N) is 6. The van der Waals surface area contributed by atoms with Gasteiger partial charge in [0, 0.05) is 56.0 Å². The molecule has 1 fully saturated rings. The van der Waals surface area contributed by atoms with Gasteiger partial charge in [0.05, 0.1) is 46.9 Å². The molecule has 1 aliphatic rings. The molecule has 0 bridgehead atoms. The maximum atomic E-state index is 5.47. The first-order chi connectivity index (χ1) is 18.2. The van der Waals surface area contributed by atoms with Gasteiger partial charge in [0.15, 0.2) is 5.82 Å². The summed E-state index contributed by atoms with van der Waals surface area (Å²) in [6.45, 7) is 7.14. The third-order valence-electron chi connectivity index (χ3n) is 6.54. The summed E-state index contributed by atoms with van der Waals surface area (Å²) in [5.74, 6) is 0.761. The number of H-pyrrole nitrogens is 1. The Kier molecular flexibility index (Phi) is 6.53. The lowest BCUT2D eigenvalue weighted by Crippen LogP contribution is -2.39. The molecule has 0 radical (unpaired) electrons. The third-order valence-corrected chi connectivity index (χ3v) is 6.54. The highest BCUT2D eigenvalue weighted by molar-refractivity contribution is 5.89. The molecule has 0 spiro atoms. The minimum Gasteiger partial charge on any atom is -0.379 e. The van der Waals surface area contributed by atoms with Crippen LogP contribution < -0.4 is 5.32 Å². The number of ether oxygens (including phenoxy) is 1. The normalized spacial score (nSPS) is 14.2. The minimum absolute atomic E-state index is 0.761. The quantitative estimate of drug-likeness (QED) is 0.348. The lowest BCUT2D eigenvalue weighted by molar-refractivity contribution is 0.0398. The van der Waals surface area contributed by atoms with Crippen molar-refractivity contribution in [3.05, 3.63) is 72.8 Å². The van der Waals surface area contributed by atoms with Gasteiger partial charge >= 0.3 is 0 Å². The zero-order valence-corrected chi connectivity index (χ0v) is 20.7. The molecule has 0 amide bonds. The van der Waals surface area contributed by atoms with Crippen LogP contribution in [0, 0.1) is 6.92 Å². The van der Waals surface area contributed by atoms with Crippen molar-refractivity contribution >= 4 is 16.9 Å². The molecule has 0 atom stereocenters. The molecule has 37 heavy (non-hydrogen) atoms. The van der Waals surface area contributed by atoms with Gasteiger partial charge in [-0.1, -0.05) is 6.07 Å². The first-order valence-corrected chi connectivity index (χ1v) is 12.5. The van der Waals surface area contributed by atoms with Crippen molar-refractivity contribution in [2.24, 2.45) is 0 Å². The highest BCUT2D eigenvalue weighted by atomic mass is 16.5. The number of aromatic nitrogens is 6. The van der Waals surface area contributed by atoms with E-state index in [1.165, 1.54) is 0 Å². The Morgan fingerprint density at radius 3 is 2.65 bits per heavy atom. The van der Waals surface area contributed by atoms with Crippen LogP contribution in [-0.4, -0.2) is 74.4 Å². The standard InChI is InChI=1S/C28H28N8O/c1-19-3-2-4-24(32-19)27-26(28(35-34-27)30-11-12-36-13-15-37-16-14-36)23-6-5-22-25(33-23)17-21(18-31-22)20-7-9-29-10-8-20/h2-10,17-18H,11-16H2,1H3,(H2,30,34,35). The number of hydrogen-bond acceptors (Lipinski definition) is 8. The number of anilines is 1. The fourth-order valence-electron chi connectivity index (χ4n) is 4.59. The molecule has 9 heteroatoms. The highest BCUT2D eigenvalue weighted by Crippen LogP contribution is 2.35. The largest absolute Gasteiger partial charge is 0.379 e. The molecule has 5 aromatic rings. The number of hydrogen-bond donors (Lipinski definition) is 2. The second-order valence-electron chi connectivity index (χ2n) is 9.06. The van der Waals surface area contributed by atoms with Crippen LogP contribution in [-0.2, 0) is 4.74 Å². The maximum absolute atomic E-state index is 5.47. The van der Waals surface area contributed by atoms with Gasteiger partial charge in [0.1, 0.15) is 0 Å². The summed E-state index contributed by atoms with van der Waals surface area (Å²) >= 11 is 0. The lowest BCUT2D eigenvalue weighted by Gasteiger charge is -2.26. The first-order valence-electron chi connectivity index (χ1n) is 12.5. The smallest absolute Gasteiger partial charge is 0.158 e. The van der Waals surface area contributed by atoms with Crippen LogP contribution in [0.25, 0.3) is 44.8 Å². The summed E-state index contributed by atoms with van der Waals surface area (Å²) in [4.78, 5) is 20.9. The van der Waals surface area contributed by atoms with E-state index in [-0.39, 0.29) is 0 Å². The van der Waals surface area contributed by atoms with Crippen LogP contribution in [0.4, 0.5) is 5.82 Å². The van der Waals surface area contributed by atoms with Gasteiger partial charge in [0.25, 0.3) is 0 Å². The van der Waals surface area contributed by atoms with E-state index in [1.807, 2.05) is 55.6 Å². The van der Waals surface area contributed by atoms with Gasteiger partial charge in [-0.05, 0) is 55.0 Å². The molecule has 0 saturated carbocycles. The van der Waals surface area contributed by atoms with Gasteiger partial charge in [-0.25, -0.2) is 4.98 Å². The van der Waals surface area contributed by atoms with Crippen molar-refractivity contribution in [3.63, 3.8) is 0 Å². The molecule has 0 unspecified atom stereocenters. The van der Waals surface area contributed by atoms with E-state index in [1.54, 1.807) is 12.4 Å². The minimum atomic E-state index is 0.761. The average Bonchev–Trinajstić information content (AvgIpc) is 3.37. The molecular weight excluding hydrogens is 464 g/mol. The predicted octanol–water partition coefficient (Wildman–Crippen LogP) is 4.20. The van der Waals surface area contributed by atoms with Crippen LogP contribution >= 0.6 is 0 Å². The van der Waals surface area contributed by atoms with Crippen LogP contribution in [0.3, 0.4) is 0 Å². The Bertz CT molecular complexity index is 1510. The fourth-order valence-corrected chi connectivity index (χ4v) is 4.59. The molecule has 186 valence electrons. The summed E-state index contributed by atoms with van der Waals surface area (Å²) in [6.07, 6.45) is 5.44. The summed E-state index contributed by atoms with van der Waals surface area (Å²) in [5, 5.41) is 11.4. The molecular formula is C28H28N8O. The summed E-state index contributed by atoms with van der Waals surface area (Å²) in [6, 6.07) is 16.0. The number of nitrogens with one attached hydrogen (secondary N) is 2. The van der Waals surface area contributed by atoms with E-state index < -0.39 is 0 Å². The van der Waals surface area contributed by atoms with Gasteiger partial charge in [-0.3, -0.25) is 25.0 Å². The van der Waals surface area contributed by atoms with E-state index in [4.69, 9.17) is 14.7 Å². The number of aromatic amines is 1. The van der Waals surface area contributed by atoms with Crippen LogP contribution in [0.2, 0.25) is 0 Å². The molecule has 5 aromatic heterocycles. The Morgan fingerprint density at radius 1 is 0.946 bits per heavy atom. The van der Waals surface area contributed by atoms with E-state index in [9.17, 15) is 0 Å². The van der Waals surface area contributed by atoms with Crippen LogP contribution in [0.15, 0.2) is 67.1 Å². The molecule has 6 rings (SSSR count). The zero-order chi connectivity index (χ0) is 25.0. The van der Waals surface area contributed by atoms with E-state index >= 15 is 0 Å². The third kappa shape index (κ3) is 5.04. The predicted molar refractivity (Wildman–Crippen MR) is 144 cm³/mol. The van der Waals surface area contributed by atoms with Gasteiger partial charge in [0.2, 0.25) is 0 Å².